The summed E-state index contributed by atoms with van der Waals surface area (Å²) in [5.74, 6) is -3.79. The van der Waals surface area contributed by atoms with Crippen LogP contribution in [0.15, 0.2) is 34.1 Å². The minimum Gasteiger partial charge on any atom is -0.345 e. The molecule has 2 aromatic carbocycles. The van der Waals surface area contributed by atoms with Gasteiger partial charge in [0, 0.05) is 20.5 Å². The van der Waals surface area contributed by atoms with E-state index in [0.717, 1.165) is 23.1 Å². The number of carbonyl (C=O) groups excluding carboxylic acids is 2. The van der Waals surface area contributed by atoms with Crippen LogP contribution in [0.4, 0.5) is 4.39 Å². The molecule has 0 aromatic heterocycles. The first kappa shape index (κ1) is 31.1. The van der Waals surface area contributed by atoms with Crippen molar-refractivity contribution in [1.29, 1.82) is 5.26 Å². The summed E-state index contributed by atoms with van der Waals surface area (Å²) in [5.41, 5.74) is 0.553. The number of hydrogen-bond donors (Lipinski definition) is 1. The van der Waals surface area contributed by atoms with Crippen molar-refractivity contribution in [2.45, 2.75) is 55.7 Å². The van der Waals surface area contributed by atoms with Gasteiger partial charge >= 0.3 is 0 Å². The molecule has 1 N–H and O–H groups in total. The standard InChI is InChI=1S/C26H32FN3O6S2/c1-15(2)20-10-17(13-28)25(27)24(16(3)4)21(20)11-18(31)14-37(33,34)23-9-8-19(38(35,36)29-5)12-22(23)26(32)30(6)7/h8-10,12,15-16,29H,11,14H2,1-7H3. The van der Waals surface area contributed by atoms with E-state index in [9.17, 15) is 31.7 Å². The molecule has 0 radical (unpaired) electrons. The first-order valence-electron chi connectivity index (χ1n) is 11.8. The van der Waals surface area contributed by atoms with Gasteiger partial charge in [-0.1, -0.05) is 27.7 Å². The van der Waals surface area contributed by atoms with E-state index < -0.39 is 60.0 Å². The van der Waals surface area contributed by atoms with E-state index in [4.69, 9.17) is 0 Å². The second kappa shape index (κ2) is 11.7. The van der Waals surface area contributed by atoms with Crippen molar-refractivity contribution in [3.05, 3.63) is 57.9 Å². The van der Waals surface area contributed by atoms with E-state index in [2.05, 4.69) is 4.72 Å². The summed E-state index contributed by atoms with van der Waals surface area (Å²) in [6.07, 6.45) is -0.397. The molecule has 0 spiro atoms. The molecule has 0 heterocycles. The molecule has 1 amide bonds. The zero-order chi connectivity index (χ0) is 29.2. The average Bonchev–Trinajstić information content (AvgIpc) is 2.82. The van der Waals surface area contributed by atoms with Crippen molar-refractivity contribution < 1.29 is 30.8 Å². The van der Waals surface area contributed by atoms with E-state index in [0.29, 0.717) is 11.1 Å². The van der Waals surface area contributed by atoms with Gasteiger partial charge in [0.1, 0.15) is 17.6 Å². The Kier molecular flexibility index (Phi) is 9.58. The zero-order valence-electron chi connectivity index (χ0n) is 22.4. The van der Waals surface area contributed by atoms with E-state index in [1.54, 1.807) is 13.8 Å². The highest BCUT2D eigenvalue weighted by Gasteiger charge is 2.30. The van der Waals surface area contributed by atoms with Gasteiger partial charge in [-0.05, 0) is 59.8 Å². The van der Waals surface area contributed by atoms with Gasteiger partial charge in [-0.3, -0.25) is 9.59 Å². The zero-order valence-corrected chi connectivity index (χ0v) is 24.0. The Morgan fingerprint density at radius 2 is 1.66 bits per heavy atom. The van der Waals surface area contributed by atoms with Crippen LogP contribution in [0.2, 0.25) is 0 Å². The smallest absolute Gasteiger partial charge is 0.254 e. The summed E-state index contributed by atoms with van der Waals surface area (Å²) in [6.45, 7) is 7.08. The SMILES string of the molecule is CNS(=O)(=O)c1ccc(S(=O)(=O)CC(=O)Cc2c(C(C)C)cc(C#N)c(F)c2C(C)C)c(C(=O)N(C)C)c1. The molecule has 0 saturated carbocycles. The highest BCUT2D eigenvalue weighted by atomic mass is 32.2. The number of nitrogens with zero attached hydrogens (tertiary/aromatic N) is 2. The number of amides is 1. The number of hydrogen-bond acceptors (Lipinski definition) is 7. The molecule has 12 heteroatoms. The number of Topliss-reactive ketones (excluding diaryl/α,β-unsaturated/α-hetero) is 1. The molecule has 0 aliphatic carbocycles. The van der Waals surface area contributed by atoms with Crippen molar-refractivity contribution in [2.24, 2.45) is 0 Å². The number of sulfonamides is 1. The third-order valence-electron chi connectivity index (χ3n) is 5.99. The molecule has 2 rings (SSSR count). The monoisotopic (exact) mass is 565 g/mol. The Bertz CT molecular complexity index is 1520. The van der Waals surface area contributed by atoms with Crippen LogP contribution < -0.4 is 4.72 Å². The van der Waals surface area contributed by atoms with Crippen LogP contribution in [0.1, 0.15) is 72.1 Å². The summed E-state index contributed by atoms with van der Waals surface area (Å²) in [7, 11) is -4.46. The number of sulfone groups is 1. The van der Waals surface area contributed by atoms with Crippen molar-refractivity contribution in [3.8, 4) is 6.07 Å². The van der Waals surface area contributed by atoms with Crippen LogP contribution in [-0.4, -0.2) is 60.3 Å². The Balaban J connectivity index is 2.61. The summed E-state index contributed by atoms with van der Waals surface area (Å²) in [6, 6.07) is 6.20. The molecular formula is C26H32FN3O6S2. The Morgan fingerprint density at radius 3 is 2.13 bits per heavy atom. The second-order valence-corrected chi connectivity index (χ2v) is 13.5. The quantitative estimate of drug-likeness (QED) is 0.466. The first-order chi connectivity index (χ1) is 17.5. The van der Waals surface area contributed by atoms with E-state index in [1.165, 1.54) is 27.2 Å². The maximum absolute atomic E-state index is 15.1. The number of carbonyl (C=O) groups is 2. The normalized spacial score (nSPS) is 12.0. The molecule has 0 aliphatic rings. The van der Waals surface area contributed by atoms with Gasteiger partial charge in [-0.15, -0.1) is 0 Å². The van der Waals surface area contributed by atoms with E-state index in [-0.39, 0.29) is 27.9 Å². The predicted octanol–water partition coefficient (Wildman–Crippen LogP) is 3.14. The molecule has 0 saturated heterocycles. The molecule has 2 aromatic rings. The number of benzene rings is 2. The lowest BCUT2D eigenvalue weighted by Crippen LogP contribution is -2.27. The fourth-order valence-electron chi connectivity index (χ4n) is 4.15. The van der Waals surface area contributed by atoms with Crippen LogP contribution in [0.3, 0.4) is 0 Å². The van der Waals surface area contributed by atoms with Gasteiger partial charge < -0.3 is 4.90 Å². The molecule has 0 atom stereocenters. The Labute approximate surface area is 223 Å². The lowest BCUT2D eigenvalue weighted by molar-refractivity contribution is -0.116. The maximum atomic E-state index is 15.1. The maximum Gasteiger partial charge on any atom is 0.254 e. The van der Waals surface area contributed by atoms with Crippen LogP contribution in [0.25, 0.3) is 0 Å². The summed E-state index contributed by atoms with van der Waals surface area (Å²) >= 11 is 0. The topological polar surface area (TPSA) is 141 Å². The van der Waals surface area contributed by atoms with Gasteiger partial charge in [0.25, 0.3) is 5.91 Å². The third kappa shape index (κ3) is 6.46. The largest absolute Gasteiger partial charge is 0.345 e. The lowest BCUT2D eigenvalue weighted by atomic mass is 9.84. The van der Waals surface area contributed by atoms with Crippen LogP contribution in [0.5, 0.6) is 0 Å². The van der Waals surface area contributed by atoms with Crippen molar-refractivity contribution in [3.63, 3.8) is 0 Å². The molecule has 206 valence electrons. The Morgan fingerprint density at radius 1 is 1.05 bits per heavy atom. The number of nitrogens with one attached hydrogen (secondary N) is 1. The number of halogens is 1. The van der Waals surface area contributed by atoms with Gasteiger partial charge in [0.2, 0.25) is 10.0 Å². The fourth-order valence-corrected chi connectivity index (χ4v) is 6.34. The summed E-state index contributed by atoms with van der Waals surface area (Å²) in [5, 5.41) is 9.37. The first-order valence-corrected chi connectivity index (χ1v) is 14.9. The lowest BCUT2D eigenvalue weighted by Gasteiger charge is -2.21. The summed E-state index contributed by atoms with van der Waals surface area (Å²) in [4.78, 5) is 26.2. The van der Waals surface area contributed by atoms with Crippen LogP contribution >= 0.6 is 0 Å². The van der Waals surface area contributed by atoms with E-state index in [1.807, 2.05) is 19.9 Å². The molecule has 0 aliphatic heterocycles. The minimum absolute atomic E-state index is 0.148. The highest BCUT2D eigenvalue weighted by Crippen LogP contribution is 2.33. The molecule has 38 heavy (non-hydrogen) atoms. The predicted molar refractivity (Wildman–Crippen MR) is 141 cm³/mol. The molecular weight excluding hydrogens is 533 g/mol. The van der Waals surface area contributed by atoms with Crippen molar-refractivity contribution >= 4 is 31.6 Å². The molecule has 0 bridgehead atoms. The summed E-state index contributed by atoms with van der Waals surface area (Å²) < 4.78 is 68.4. The third-order valence-corrected chi connectivity index (χ3v) is 9.13. The van der Waals surface area contributed by atoms with Gasteiger partial charge in [-0.25, -0.2) is 25.9 Å². The Hall–Kier alpha value is -3.14. The molecule has 0 fully saturated rings. The number of ketones is 1. The van der Waals surface area contributed by atoms with Crippen molar-refractivity contribution in [1.82, 2.24) is 9.62 Å². The van der Waals surface area contributed by atoms with Gasteiger partial charge in [0.15, 0.2) is 15.6 Å². The minimum atomic E-state index is -4.41. The van der Waals surface area contributed by atoms with Crippen LogP contribution in [0, 0.1) is 17.1 Å². The van der Waals surface area contributed by atoms with Gasteiger partial charge in [0.05, 0.1) is 20.9 Å². The average molecular weight is 566 g/mol. The van der Waals surface area contributed by atoms with Crippen LogP contribution in [-0.2, 0) is 31.1 Å². The van der Waals surface area contributed by atoms with E-state index >= 15 is 4.39 Å². The number of rotatable bonds is 10. The highest BCUT2D eigenvalue weighted by molar-refractivity contribution is 7.92. The van der Waals surface area contributed by atoms with Crippen molar-refractivity contribution in [2.75, 3.05) is 26.9 Å². The molecule has 9 nitrogen and oxygen atoms in total. The second-order valence-electron chi connectivity index (χ2n) is 9.68. The number of nitriles is 1. The molecule has 0 unspecified atom stereocenters. The van der Waals surface area contributed by atoms with Gasteiger partial charge in [-0.2, -0.15) is 5.26 Å². The fraction of sp³-hybridized carbons (Fsp3) is 0.423.